The van der Waals surface area contributed by atoms with Gasteiger partial charge in [-0.05, 0) is 19.1 Å². The van der Waals surface area contributed by atoms with E-state index in [1.165, 1.54) is 31.6 Å². The van der Waals surface area contributed by atoms with Crippen LogP contribution in [0.5, 0.6) is 11.5 Å². The van der Waals surface area contributed by atoms with Crippen LogP contribution in [0.2, 0.25) is 0 Å². The number of amides is 1. The second-order valence-electron chi connectivity index (χ2n) is 6.63. The van der Waals surface area contributed by atoms with Gasteiger partial charge in [0.25, 0.3) is 0 Å². The summed E-state index contributed by atoms with van der Waals surface area (Å²) in [7, 11) is -0.882. The van der Waals surface area contributed by atoms with Gasteiger partial charge in [0, 0.05) is 11.6 Å². The summed E-state index contributed by atoms with van der Waals surface area (Å²) >= 11 is 1.20. The highest BCUT2D eigenvalue weighted by Gasteiger charge is 2.25. The number of aryl methyl sites for hydroxylation is 1. The van der Waals surface area contributed by atoms with Crippen LogP contribution in [-0.2, 0) is 14.8 Å². The Morgan fingerprint density at radius 2 is 1.81 bits per heavy atom. The van der Waals surface area contributed by atoms with Crippen molar-refractivity contribution in [3.63, 3.8) is 0 Å². The van der Waals surface area contributed by atoms with Crippen LogP contribution in [0.1, 0.15) is 5.56 Å². The number of methoxy groups -OCH3 is 2. The third kappa shape index (κ3) is 5.50. The predicted octanol–water partition coefficient (Wildman–Crippen LogP) is 2.94. The molecule has 0 spiro atoms. The molecule has 0 radical (unpaired) electrons. The molecule has 164 valence electrons. The van der Waals surface area contributed by atoms with Crippen molar-refractivity contribution in [3.05, 3.63) is 48.0 Å². The number of hydrogen-bond acceptors (Lipinski definition) is 8. The quantitative estimate of drug-likeness (QED) is 0.548. The number of nitrogens with one attached hydrogen (secondary N) is 1. The number of carbonyl (C=O) groups excluding carboxylic acids is 1. The minimum absolute atomic E-state index is 0.221. The Kier molecular flexibility index (Phi) is 6.76. The van der Waals surface area contributed by atoms with Gasteiger partial charge in [0.2, 0.25) is 21.1 Å². The molecule has 1 amide bonds. The van der Waals surface area contributed by atoms with Gasteiger partial charge in [0.05, 0.1) is 26.2 Å². The van der Waals surface area contributed by atoms with E-state index in [-0.39, 0.29) is 16.6 Å². The Bertz CT molecular complexity index is 1180. The molecule has 2 aromatic carbocycles. The smallest absolute Gasteiger partial charge is 0.246 e. The Hall–Kier alpha value is -3.18. The normalized spacial score (nSPS) is 11.1. The lowest BCUT2D eigenvalue weighted by atomic mass is 10.2. The second kappa shape index (κ2) is 9.31. The molecule has 1 aromatic heterocycles. The molecule has 11 heteroatoms. The van der Waals surface area contributed by atoms with Gasteiger partial charge in [0.1, 0.15) is 23.1 Å². The van der Waals surface area contributed by atoms with Crippen LogP contribution in [-0.4, -0.2) is 51.5 Å². The molecule has 31 heavy (non-hydrogen) atoms. The fourth-order valence-electron chi connectivity index (χ4n) is 2.75. The van der Waals surface area contributed by atoms with E-state index >= 15 is 0 Å². The van der Waals surface area contributed by atoms with Crippen LogP contribution in [0, 0.1) is 6.92 Å². The highest BCUT2D eigenvalue weighted by Crippen LogP contribution is 2.33. The lowest BCUT2D eigenvalue weighted by molar-refractivity contribution is -0.114. The topological polar surface area (TPSA) is 111 Å². The number of rotatable bonds is 8. The number of hydrogen-bond donors (Lipinski definition) is 1. The van der Waals surface area contributed by atoms with E-state index in [1.54, 1.807) is 12.1 Å². The van der Waals surface area contributed by atoms with Crippen molar-refractivity contribution < 1.29 is 22.7 Å². The average Bonchev–Trinajstić information content (AvgIpc) is 3.19. The van der Waals surface area contributed by atoms with Crippen LogP contribution in [0.3, 0.4) is 0 Å². The summed E-state index contributed by atoms with van der Waals surface area (Å²) in [6.45, 7) is 1.53. The molecule has 0 aliphatic heterocycles. The zero-order chi connectivity index (χ0) is 22.6. The van der Waals surface area contributed by atoms with Crippen molar-refractivity contribution in [2.75, 3.05) is 36.6 Å². The third-order valence-electron chi connectivity index (χ3n) is 4.31. The molecule has 0 bridgehead atoms. The van der Waals surface area contributed by atoms with Crippen LogP contribution < -0.4 is 19.1 Å². The molecule has 0 aliphatic rings. The lowest BCUT2D eigenvalue weighted by Gasteiger charge is -2.23. The van der Waals surface area contributed by atoms with Crippen molar-refractivity contribution >= 4 is 38.1 Å². The van der Waals surface area contributed by atoms with E-state index in [9.17, 15) is 13.2 Å². The van der Waals surface area contributed by atoms with Gasteiger partial charge < -0.3 is 9.47 Å². The monoisotopic (exact) mass is 462 g/mol. The van der Waals surface area contributed by atoms with Crippen LogP contribution in [0.4, 0.5) is 10.8 Å². The summed E-state index contributed by atoms with van der Waals surface area (Å²) in [5, 5.41) is 11.6. The van der Waals surface area contributed by atoms with Gasteiger partial charge in [0.15, 0.2) is 0 Å². The van der Waals surface area contributed by atoms with Crippen molar-refractivity contribution in [2.24, 2.45) is 0 Å². The van der Waals surface area contributed by atoms with Crippen LogP contribution in [0.15, 0.2) is 42.5 Å². The first-order chi connectivity index (χ1) is 14.7. The lowest BCUT2D eigenvalue weighted by Crippen LogP contribution is -2.37. The molecular formula is C20H22N4O5S2. The summed E-state index contributed by atoms with van der Waals surface area (Å²) in [6.07, 6.45) is 1.02. The number of aromatic nitrogens is 2. The maximum absolute atomic E-state index is 12.6. The molecule has 0 atom stereocenters. The second-order valence-corrected chi connectivity index (χ2v) is 9.52. The SMILES string of the molecule is COc1ccc(N(CC(=O)Nc2nnc(-c3ccc(C)cc3)s2)S(C)(=O)=O)c(OC)c1. The van der Waals surface area contributed by atoms with Gasteiger partial charge >= 0.3 is 0 Å². The highest BCUT2D eigenvalue weighted by atomic mass is 32.2. The molecule has 3 rings (SSSR count). The number of carbonyl (C=O) groups is 1. The molecular weight excluding hydrogens is 440 g/mol. The number of sulfonamides is 1. The molecule has 0 fully saturated rings. The maximum Gasteiger partial charge on any atom is 0.246 e. The summed E-state index contributed by atoms with van der Waals surface area (Å²) < 4.78 is 36.2. The van der Waals surface area contributed by atoms with Gasteiger partial charge in [-0.25, -0.2) is 8.42 Å². The number of anilines is 2. The minimum Gasteiger partial charge on any atom is -0.497 e. The molecule has 0 saturated carbocycles. The van der Waals surface area contributed by atoms with Crippen molar-refractivity contribution in [1.82, 2.24) is 10.2 Å². The van der Waals surface area contributed by atoms with E-state index in [0.717, 1.165) is 21.7 Å². The maximum atomic E-state index is 12.6. The minimum atomic E-state index is -3.78. The molecule has 3 aromatic rings. The van der Waals surface area contributed by atoms with Crippen LogP contribution >= 0.6 is 11.3 Å². The molecule has 0 unspecified atom stereocenters. The first-order valence-electron chi connectivity index (χ1n) is 9.11. The van der Waals surface area contributed by atoms with Crippen molar-refractivity contribution in [3.8, 4) is 22.1 Å². The fourth-order valence-corrected chi connectivity index (χ4v) is 4.37. The Balaban J connectivity index is 1.79. The van der Waals surface area contributed by atoms with E-state index < -0.39 is 22.5 Å². The zero-order valence-electron chi connectivity index (χ0n) is 17.4. The summed E-state index contributed by atoms with van der Waals surface area (Å²) in [5.74, 6) is 0.195. The van der Waals surface area contributed by atoms with Crippen molar-refractivity contribution in [2.45, 2.75) is 6.92 Å². The first kappa shape index (κ1) is 22.5. The highest BCUT2D eigenvalue weighted by molar-refractivity contribution is 7.92. The average molecular weight is 463 g/mol. The Morgan fingerprint density at radius 1 is 1.10 bits per heavy atom. The number of ether oxygens (including phenoxy) is 2. The third-order valence-corrected chi connectivity index (χ3v) is 6.33. The first-order valence-corrected chi connectivity index (χ1v) is 11.8. The van der Waals surface area contributed by atoms with E-state index in [4.69, 9.17) is 9.47 Å². The van der Waals surface area contributed by atoms with Crippen LogP contribution in [0.25, 0.3) is 10.6 Å². The van der Waals surface area contributed by atoms with Gasteiger partial charge in [-0.2, -0.15) is 0 Å². The Morgan fingerprint density at radius 3 is 2.42 bits per heavy atom. The van der Waals surface area contributed by atoms with Gasteiger partial charge in [-0.3, -0.25) is 14.4 Å². The van der Waals surface area contributed by atoms with E-state index in [0.29, 0.717) is 10.8 Å². The number of nitrogens with zero attached hydrogens (tertiary/aromatic N) is 3. The molecule has 1 N–H and O–H groups in total. The zero-order valence-corrected chi connectivity index (χ0v) is 19.1. The summed E-state index contributed by atoms with van der Waals surface area (Å²) in [6, 6.07) is 12.4. The molecule has 0 saturated heterocycles. The number of benzene rings is 2. The van der Waals surface area contributed by atoms with Gasteiger partial charge in [-0.15, -0.1) is 10.2 Å². The standard InChI is InChI=1S/C20H22N4O5S2/c1-13-5-7-14(8-6-13)19-22-23-20(30-19)21-18(25)12-24(31(4,26)27)16-10-9-15(28-2)11-17(16)29-3/h5-11H,12H2,1-4H3,(H,21,23,25). The van der Waals surface area contributed by atoms with E-state index in [1.807, 2.05) is 31.2 Å². The summed E-state index contributed by atoms with van der Waals surface area (Å²) in [5.41, 5.74) is 2.22. The van der Waals surface area contributed by atoms with Gasteiger partial charge in [-0.1, -0.05) is 41.2 Å². The summed E-state index contributed by atoms with van der Waals surface area (Å²) in [4.78, 5) is 12.6. The largest absolute Gasteiger partial charge is 0.497 e. The Labute approximate surface area is 184 Å². The molecule has 1 heterocycles. The molecule has 0 aliphatic carbocycles. The fraction of sp³-hybridized carbons (Fsp3) is 0.250. The molecule has 9 nitrogen and oxygen atoms in total. The van der Waals surface area contributed by atoms with E-state index in [2.05, 4.69) is 15.5 Å². The van der Waals surface area contributed by atoms with Crippen molar-refractivity contribution in [1.29, 1.82) is 0 Å². The predicted molar refractivity (Wildman–Crippen MR) is 120 cm³/mol.